The number of nitrogens with zero attached hydrogens (tertiary/aromatic N) is 6. The highest BCUT2D eigenvalue weighted by atomic mass is 32.3. The number of halogens is 9. The predicted octanol–water partition coefficient (Wildman–Crippen LogP) is 2.84. The van der Waals surface area contributed by atoms with Gasteiger partial charge in [0.15, 0.2) is 30.2 Å². The molecule has 0 aliphatic carbocycles. The van der Waals surface area contributed by atoms with Crippen LogP contribution in [0.1, 0.15) is 32.6 Å². The Morgan fingerprint density at radius 3 is 1.32 bits per heavy atom. The van der Waals surface area contributed by atoms with Crippen molar-refractivity contribution in [3.63, 3.8) is 0 Å². The fraction of sp³-hybridized carbons (Fsp3) is 0.632. The highest BCUT2D eigenvalue weighted by molar-refractivity contribution is 8.13. The molecule has 0 atom stereocenters. The summed E-state index contributed by atoms with van der Waals surface area (Å²) in [6, 6.07) is 2.12. The highest BCUT2D eigenvalue weighted by Crippen LogP contribution is 2.36. The van der Waals surface area contributed by atoms with Gasteiger partial charge >= 0.3 is 16.5 Å². The number of nitriles is 1. The van der Waals surface area contributed by atoms with Crippen LogP contribution in [0.5, 0.6) is 0 Å². The molecule has 0 N–H and O–H groups in total. The third kappa shape index (κ3) is 17.4. The van der Waals surface area contributed by atoms with Crippen molar-refractivity contribution in [1.29, 1.82) is 5.26 Å². The van der Waals surface area contributed by atoms with Gasteiger partial charge in [-0.3, -0.25) is 0 Å². The second-order valence-corrected chi connectivity index (χ2v) is 12.9. The van der Waals surface area contributed by atoms with E-state index in [9.17, 15) is 56.3 Å². The van der Waals surface area contributed by atoms with Crippen LogP contribution in [0.15, 0.2) is 37.4 Å². The molecule has 44 heavy (non-hydrogen) atoms. The zero-order valence-electron chi connectivity index (χ0n) is 22.9. The Morgan fingerprint density at radius 1 is 0.750 bits per heavy atom. The van der Waals surface area contributed by atoms with E-state index in [1.165, 1.54) is 12.8 Å². The van der Waals surface area contributed by atoms with E-state index in [0.717, 1.165) is 23.6 Å². The number of aryl methyl sites for hydroxylation is 4. The molecule has 0 bridgehead atoms. The lowest BCUT2D eigenvalue weighted by Crippen LogP contribution is -2.30. The number of alkyl halides is 9. The molecule has 25 heteroatoms. The topological polar surface area (TPSA) is 181 Å². The summed E-state index contributed by atoms with van der Waals surface area (Å²) in [5.74, 6) is 0. The summed E-state index contributed by atoms with van der Waals surface area (Å²) in [5, 5.41) is 8.29. The number of unbranched alkanes of at least 4 members (excludes halogenated alkanes) is 2. The van der Waals surface area contributed by atoms with Gasteiger partial charge in [-0.15, -0.1) is 0 Å². The molecule has 0 unspecified atom stereocenters. The average Bonchev–Trinajstić information content (AvgIpc) is 3.43. The first kappa shape index (κ1) is 43.2. The van der Waals surface area contributed by atoms with E-state index in [2.05, 4.69) is 45.4 Å². The summed E-state index contributed by atoms with van der Waals surface area (Å²) in [4.78, 5) is 0. The van der Waals surface area contributed by atoms with E-state index in [1.807, 2.05) is 37.4 Å². The van der Waals surface area contributed by atoms with Crippen molar-refractivity contribution in [2.24, 2.45) is 14.1 Å². The maximum absolute atomic E-state index is 11.4. The van der Waals surface area contributed by atoms with Gasteiger partial charge in [-0.05, 0) is 12.8 Å². The second-order valence-electron chi connectivity index (χ2n) is 8.07. The largest absolute Gasteiger partial charge is 0.741 e. The van der Waals surface area contributed by atoms with E-state index in [1.54, 1.807) is 0 Å². The van der Waals surface area contributed by atoms with Crippen molar-refractivity contribution in [3.8, 4) is 6.07 Å². The third-order valence-corrected chi connectivity index (χ3v) is 7.49. The summed E-state index contributed by atoms with van der Waals surface area (Å²) in [7, 11) is -15.5. The van der Waals surface area contributed by atoms with Crippen LogP contribution in [0, 0.1) is 11.3 Å². The molecule has 13 nitrogen and oxygen atoms in total. The molecule has 0 aromatic carbocycles. The number of aromatic nitrogens is 4. The molecule has 0 amide bonds. The lowest BCUT2D eigenvalue weighted by molar-refractivity contribution is -0.671. The lowest BCUT2D eigenvalue weighted by atomic mass is 10.3. The smallest absolute Gasteiger partial charge is 0.485 e. The first-order chi connectivity index (χ1) is 19.6. The lowest BCUT2D eigenvalue weighted by Gasteiger charge is -2.22. The van der Waals surface area contributed by atoms with Crippen LogP contribution >= 0.6 is 0 Å². The summed E-state index contributed by atoms with van der Waals surface area (Å²) in [5.41, 5.74) is -18.1. The van der Waals surface area contributed by atoms with Crippen molar-refractivity contribution < 1.29 is 78.5 Å². The predicted molar refractivity (Wildman–Crippen MR) is 130 cm³/mol. The van der Waals surface area contributed by atoms with Crippen molar-refractivity contribution >= 4 is 30.2 Å². The van der Waals surface area contributed by atoms with Gasteiger partial charge in [-0.2, -0.15) is 44.8 Å². The molecule has 0 aliphatic heterocycles. The van der Waals surface area contributed by atoms with Crippen LogP contribution in [-0.2, 0) is 57.3 Å². The SMILES string of the molecule is CCCCn1cc[n+](C)c1.C[n+]1ccn(CCCC#N)c1.O=S(=O)([N-]S(=O)(=O)C(F)(F)F)C(F)(F)F.O=S(=O)([O-])C(F)(F)F. The van der Waals surface area contributed by atoms with Gasteiger partial charge < -0.3 is 8.68 Å². The van der Waals surface area contributed by atoms with Gasteiger partial charge in [0.1, 0.15) is 24.8 Å². The maximum atomic E-state index is 11.4. The summed E-state index contributed by atoms with van der Waals surface area (Å²) < 4.78 is 176. The van der Waals surface area contributed by atoms with Gasteiger partial charge in [-0.1, -0.05) is 13.3 Å². The third-order valence-electron chi connectivity index (χ3n) is 4.19. The van der Waals surface area contributed by atoms with E-state index in [-0.39, 0.29) is 0 Å². The second kappa shape index (κ2) is 17.5. The van der Waals surface area contributed by atoms with Crippen LogP contribution in [0.4, 0.5) is 39.5 Å². The van der Waals surface area contributed by atoms with Crippen LogP contribution in [0.3, 0.4) is 0 Å². The van der Waals surface area contributed by atoms with Crippen LogP contribution in [0.2, 0.25) is 0 Å². The molecular formula is C19H27F9N6O7S3. The zero-order valence-corrected chi connectivity index (χ0v) is 25.3. The number of hydrogen-bond donors (Lipinski definition) is 0. The fourth-order valence-corrected chi connectivity index (χ4v) is 3.87. The van der Waals surface area contributed by atoms with Crippen LogP contribution in [-0.4, -0.2) is 55.5 Å². The molecular weight excluding hydrogens is 691 g/mol. The quantitative estimate of drug-likeness (QED) is 0.131. The van der Waals surface area contributed by atoms with E-state index >= 15 is 0 Å². The van der Waals surface area contributed by atoms with Crippen molar-refractivity contribution in [2.45, 2.75) is 62.2 Å². The first-order valence-corrected chi connectivity index (χ1v) is 15.7. The summed E-state index contributed by atoms with van der Waals surface area (Å²) >= 11 is 0. The maximum Gasteiger partial charge on any atom is 0.485 e. The molecule has 0 spiro atoms. The Bertz CT molecular complexity index is 1470. The Balaban J connectivity index is 0. The van der Waals surface area contributed by atoms with E-state index < -0.39 is 46.7 Å². The number of sulfonamides is 2. The van der Waals surface area contributed by atoms with Crippen LogP contribution in [0.25, 0.3) is 4.13 Å². The van der Waals surface area contributed by atoms with Crippen LogP contribution < -0.4 is 9.13 Å². The average molecular weight is 719 g/mol. The Hall–Kier alpha value is -2.95. The fourth-order valence-electron chi connectivity index (χ4n) is 2.16. The molecule has 0 aliphatic rings. The minimum absolute atomic E-state index is 0.641. The monoisotopic (exact) mass is 718 g/mol. The molecule has 0 saturated heterocycles. The molecule has 0 radical (unpaired) electrons. The highest BCUT2D eigenvalue weighted by Gasteiger charge is 2.47. The van der Waals surface area contributed by atoms with E-state index in [4.69, 9.17) is 18.2 Å². The van der Waals surface area contributed by atoms with E-state index in [0.29, 0.717) is 6.42 Å². The molecule has 2 aromatic heterocycles. The molecule has 2 heterocycles. The van der Waals surface area contributed by atoms with Gasteiger partial charge in [0.2, 0.25) is 12.7 Å². The standard InChI is InChI=1S/C8H12N3.C8H15N2.C2F6NO4S2.CHF3O3S/c1-10-6-7-11(8-10)5-3-2-4-9;1-3-4-5-10-7-6-9(2)8-10;3-1(4,5)14(10,11)9-15(12,13)2(6,7)8;2-1(3,4)8(5,6)7/h6-8H,2-3,5H2,1H3;6-8H,3-5H2,1-2H3;;(H,5,6,7)/q2*+1;-1;/p-1. The molecule has 0 saturated carbocycles. The number of imidazole rings is 2. The van der Waals surface area contributed by atoms with Crippen molar-refractivity contribution in [2.75, 3.05) is 0 Å². The minimum atomic E-state index is -6.72. The van der Waals surface area contributed by atoms with Gasteiger partial charge in [0.25, 0.3) is 0 Å². The molecule has 256 valence electrons. The first-order valence-electron chi connectivity index (χ1n) is 11.4. The van der Waals surface area contributed by atoms with Gasteiger partial charge in [0, 0.05) is 6.42 Å². The molecule has 0 fully saturated rings. The summed E-state index contributed by atoms with van der Waals surface area (Å²) in [6.07, 6.45) is 16.4. The molecule has 2 rings (SSSR count). The molecule has 2 aromatic rings. The van der Waals surface area contributed by atoms with Crippen molar-refractivity contribution in [3.05, 3.63) is 41.6 Å². The normalized spacial score (nSPS) is 12.5. The Labute approximate surface area is 247 Å². The Kier molecular flexibility index (Phi) is 17.2. The zero-order chi connectivity index (χ0) is 35.2. The number of hydrogen-bond acceptors (Lipinski definition) is 8. The number of rotatable bonds is 8. The van der Waals surface area contributed by atoms with Crippen molar-refractivity contribution in [1.82, 2.24) is 9.13 Å². The van der Waals surface area contributed by atoms with Gasteiger partial charge in [-0.25, -0.2) is 43.5 Å². The Morgan fingerprint density at radius 2 is 1.09 bits per heavy atom. The summed E-state index contributed by atoms with van der Waals surface area (Å²) in [6.45, 7) is 4.30. The van der Waals surface area contributed by atoms with Gasteiger partial charge in [0.05, 0.1) is 33.3 Å². The minimum Gasteiger partial charge on any atom is -0.741 e.